The van der Waals surface area contributed by atoms with Gasteiger partial charge in [-0.05, 0) is 30.7 Å². The standard InChI is InChI=1S/C16H22FN3O4S/c1-3-15(16(22)19-10-8-18(12-21)9-11-19)20(25(2,23)24)14-6-4-13(17)5-7-14/h4-7,12,15H,3,8-11H2,1-2H3. The van der Waals surface area contributed by atoms with Crippen LogP contribution in [0.25, 0.3) is 0 Å². The molecule has 1 unspecified atom stereocenters. The highest BCUT2D eigenvalue weighted by Crippen LogP contribution is 2.24. The highest BCUT2D eigenvalue weighted by molar-refractivity contribution is 7.92. The topological polar surface area (TPSA) is 78.0 Å². The number of benzene rings is 1. The molecule has 2 rings (SSSR count). The van der Waals surface area contributed by atoms with Crippen molar-refractivity contribution in [3.05, 3.63) is 30.1 Å². The van der Waals surface area contributed by atoms with Gasteiger partial charge in [-0.1, -0.05) is 6.92 Å². The first kappa shape index (κ1) is 19.2. The van der Waals surface area contributed by atoms with Gasteiger partial charge in [0.15, 0.2) is 0 Å². The second-order valence-electron chi connectivity index (χ2n) is 5.93. The lowest BCUT2D eigenvalue weighted by Gasteiger charge is -2.37. The van der Waals surface area contributed by atoms with Crippen LogP contribution in [-0.4, -0.2) is 69.0 Å². The maximum atomic E-state index is 13.2. The van der Waals surface area contributed by atoms with Gasteiger partial charge in [0.05, 0.1) is 11.9 Å². The molecule has 1 aromatic rings. The highest BCUT2D eigenvalue weighted by atomic mass is 32.2. The molecule has 0 aromatic heterocycles. The van der Waals surface area contributed by atoms with Crippen molar-refractivity contribution in [3.63, 3.8) is 0 Å². The molecule has 25 heavy (non-hydrogen) atoms. The van der Waals surface area contributed by atoms with Crippen molar-refractivity contribution in [1.29, 1.82) is 0 Å². The second-order valence-corrected chi connectivity index (χ2v) is 7.79. The first-order valence-electron chi connectivity index (χ1n) is 8.01. The zero-order valence-corrected chi connectivity index (χ0v) is 15.1. The molecule has 0 aliphatic carbocycles. The van der Waals surface area contributed by atoms with Gasteiger partial charge >= 0.3 is 0 Å². The Hall–Kier alpha value is -2.16. The third kappa shape index (κ3) is 4.47. The van der Waals surface area contributed by atoms with Gasteiger partial charge in [-0.2, -0.15) is 0 Å². The first-order chi connectivity index (χ1) is 11.8. The van der Waals surface area contributed by atoms with E-state index < -0.39 is 21.9 Å². The number of carbonyl (C=O) groups excluding carboxylic acids is 2. The minimum absolute atomic E-state index is 0.246. The van der Waals surface area contributed by atoms with Crippen LogP contribution in [-0.2, 0) is 19.6 Å². The number of halogens is 1. The van der Waals surface area contributed by atoms with E-state index in [4.69, 9.17) is 0 Å². The Morgan fingerprint density at radius 3 is 2.24 bits per heavy atom. The molecule has 1 aliphatic heterocycles. The number of amides is 2. The Bertz CT molecular complexity index is 715. The van der Waals surface area contributed by atoms with Crippen molar-refractivity contribution in [2.45, 2.75) is 19.4 Å². The number of rotatable bonds is 6. The summed E-state index contributed by atoms with van der Waals surface area (Å²) in [6.07, 6.45) is 2.04. The molecule has 1 heterocycles. The van der Waals surface area contributed by atoms with E-state index in [9.17, 15) is 22.4 Å². The maximum Gasteiger partial charge on any atom is 0.246 e. The molecule has 0 spiro atoms. The van der Waals surface area contributed by atoms with Crippen molar-refractivity contribution in [3.8, 4) is 0 Å². The molecule has 1 saturated heterocycles. The van der Waals surface area contributed by atoms with E-state index in [1.165, 1.54) is 12.1 Å². The molecule has 0 bridgehead atoms. The summed E-state index contributed by atoms with van der Waals surface area (Å²) in [6, 6.07) is 4.09. The van der Waals surface area contributed by atoms with Crippen LogP contribution >= 0.6 is 0 Å². The number of piperazine rings is 1. The molecule has 138 valence electrons. The maximum absolute atomic E-state index is 13.2. The van der Waals surface area contributed by atoms with Crippen LogP contribution in [0.15, 0.2) is 24.3 Å². The number of carbonyl (C=O) groups is 2. The van der Waals surface area contributed by atoms with E-state index >= 15 is 0 Å². The van der Waals surface area contributed by atoms with Crippen LogP contribution in [0.1, 0.15) is 13.3 Å². The van der Waals surface area contributed by atoms with E-state index in [2.05, 4.69) is 0 Å². The fourth-order valence-electron chi connectivity index (χ4n) is 2.89. The molecule has 1 aromatic carbocycles. The normalized spacial score (nSPS) is 16.4. The van der Waals surface area contributed by atoms with Crippen LogP contribution in [0.2, 0.25) is 0 Å². The quantitative estimate of drug-likeness (QED) is 0.689. The lowest BCUT2D eigenvalue weighted by atomic mass is 10.1. The fourth-order valence-corrected chi connectivity index (χ4v) is 4.10. The van der Waals surface area contributed by atoms with Crippen LogP contribution in [0.3, 0.4) is 0 Å². The summed E-state index contributed by atoms with van der Waals surface area (Å²) in [5.74, 6) is -0.802. The first-order valence-corrected chi connectivity index (χ1v) is 9.86. The molecule has 0 saturated carbocycles. The number of hydrogen-bond donors (Lipinski definition) is 0. The lowest BCUT2D eigenvalue weighted by Crippen LogP contribution is -2.55. The average Bonchev–Trinajstić information content (AvgIpc) is 2.59. The second kappa shape index (κ2) is 7.81. The summed E-state index contributed by atoms with van der Waals surface area (Å²) in [5.41, 5.74) is 0.246. The third-order valence-electron chi connectivity index (χ3n) is 4.17. The SMILES string of the molecule is CCC(C(=O)N1CCN(C=O)CC1)N(c1ccc(F)cc1)S(C)(=O)=O. The minimum Gasteiger partial charge on any atom is -0.342 e. The summed E-state index contributed by atoms with van der Waals surface area (Å²) < 4.78 is 38.8. The summed E-state index contributed by atoms with van der Waals surface area (Å²) in [5, 5.41) is 0. The predicted molar refractivity (Wildman–Crippen MR) is 92.0 cm³/mol. The highest BCUT2D eigenvalue weighted by Gasteiger charge is 2.35. The van der Waals surface area contributed by atoms with Crippen LogP contribution in [0.5, 0.6) is 0 Å². The van der Waals surface area contributed by atoms with Gasteiger partial charge in [-0.3, -0.25) is 13.9 Å². The zero-order chi connectivity index (χ0) is 18.6. The molecular weight excluding hydrogens is 349 g/mol. The largest absolute Gasteiger partial charge is 0.342 e. The van der Waals surface area contributed by atoms with E-state index in [-0.39, 0.29) is 18.0 Å². The molecule has 0 N–H and O–H groups in total. The number of nitrogens with zero attached hydrogens (tertiary/aromatic N) is 3. The fraction of sp³-hybridized carbons (Fsp3) is 0.500. The summed E-state index contributed by atoms with van der Waals surface area (Å²) in [6.45, 7) is 3.28. The van der Waals surface area contributed by atoms with E-state index in [0.717, 1.165) is 29.1 Å². The number of sulfonamides is 1. The van der Waals surface area contributed by atoms with E-state index in [1.54, 1.807) is 16.7 Å². The molecule has 1 fully saturated rings. The van der Waals surface area contributed by atoms with Gasteiger partial charge in [0.25, 0.3) is 0 Å². The predicted octanol–water partition coefficient (Wildman–Crippen LogP) is 0.671. The number of anilines is 1. The molecule has 1 aliphatic rings. The smallest absolute Gasteiger partial charge is 0.246 e. The molecule has 0 radical (unpaired) electrons. The Balaban J connectivity index is 2.29. The lowest BCUT2D eigenvalue weighted by molar-refractivity contribution is -0.136. The van der Waals surface area contributed by atoms with Crippen LogP contribution in [0.4, 0.5) is 10.1 Å². The van der Waals surface area contributed by atoms with E-state index in [1.807, 2.05) is 0 Å². The van der Waals surface area contributed by atoms with Crippen molar-refractivity contribution in [2.24, 2.45) is 0 Å². The Morgan fingerprint density at radius 2 is 1.80 bits per heavy atom. The Labute approximate surface area is 147 Å². The molecular formula is C16H22FN3O4S. The van der Waals surface area contributed by atoms with Gasteiger partial charge in [0.2, 0.25) is 22.3 Å². The van der Waals surface area contributed by atoms with Gasteiger partial charge in [-0.15, -0.1) is 0 Å². The van der Waals surface area contributed by atoms with Crippen LogP contribution < -0.4 is 4.31 Å². The molecule has 2 amide bonds. The Morgan fingerprint density at radius 1 is 1.24 bits per heavy atom. The van der Waals surface area contributed by atoms with Crippen molar-refractivity contribution < 1.29 is 22.4 Å². The number of hydrogen-bond acceptors (Lipinski definition) is 4. The van der Waals surface area contributed by atoms with Gasteiger partial charge < -0.3 is 9.80 Å². The Kier molecular flexibility index (Phi) is 5.99. The molecule has 1 atom stereocenters. The van der Waals surface area contributed by atoms with Crippen molar-refractivity contribution in [2.75, 3.05) is 36.7 Å². The van der Waals surface area contributed by atoms with Gasteiger partial charge in [0.1, 0.15) is 11.9 Å². The summed E-state index contributed by atoms with van der Waals surface area (Å²) in [7, 11) is -3.74. The van der Waals surface area contributed by atoms with Crippen LogP contribution in [0, 0.1) is 5.82 Å². The third-order valence-corrected chi connectivity index (χ3v) is 5.35. The van der Waals surface area contributed by atoms with Gasteiger partial charge in [-0.25, -0.2) is 12.8 Å². The average molecular weight is 371 g/mol. The molecule has 9 heteroatoms. The monoisotopic (exact) mass is 371 g/mol. The summed E-state index contributed by atoms with van der Waals surface area (Å²) in [4.78, 5) is 26.8. The van der Waals surface area contributed by atoms with E-state index in [0.29, 0.717) is 26.2 Å². The van der Waals surface area contributed by atoms with Crippen molar-refractivity contribution >= 4 is 28.0 Å². The minimum atomic E-state index is -3.74. The van der Waals surface area contributed by atoms with Crippen molar-refractivity contribution in [1.82, 2.24) is 9.80 Å². The zero-order valence-electron chi connectivity index (χ0n) is 14.3. The van der Waals surface area contributed by atoms with Gasteiger partial charge in [0, 0.05) is 26.2 Å². The molecule has 7 nitrogen and oxygen atoms in total. The summed E-state index contributed by atoms with van der Waals surface area (Å²) >= 11 is 0.